The third kappa shape index (κ3) is 6.88. The van der Waals surface area contributed by atoms with Crippen molar-refractivity contribution in [1.82, 2.24) is 0 Å². The molecule has 0 heterocycles. The number of nitriles is 1. The van der Waals surface area contributed by atoms with E-state index >= 15 is 0 Å². The molecule has 0 unspecified atom stereocenters. The van der Waals surface area contributed by atoms with Gasteiger partial charge in [0.15, 0.2) is 0 Å². The smallest absolute Gasteiger partial charge is 0.256 e. The maximum Gasteiger partial charge on any atom is 0.256 e. The molecule has 150 valence electrons. The molecule has 0 fully saturated rings. The Kier molecular flexibility index (Phi) is 9.31. The average Bonchev–Trinajstić information content (AvgIpc) is 2.60. The van der Waals surface area contributed by atoms with Gasteiger partial charge in [0, 0.05) is 6.61 Å². The Morgan fingerprint density at radius 1 is 1.19 bits per heavy atom. The van der Waals surface area contributed by atoms with Gasteiger partial charge in [-0.3, -0.25) is 4.79 Å². The van der Waals surface area contributed by atoms with Gasteiger partial charge < -0.3 is 14.8 Å². The number of anilines is 1. The van der Waals surface area contributed by atoms with E-state index in [4.69, 9.17) is 9.47 Å². The zero-order chi connectivity index (χ0) is 20.4. The van der Waals surface area contributed by atoms with Crippen molar-refractivity contribution in [2.45, 2.75) is 66.4 Å². The van der Waals surface area contributed by atoms with Gasteiger partial charge in [-0.15, -0.1) is 0 Å². The van der Waals surface area contributed by atoms with E-state index in [1.807, 2.05) is 13.8 Å². The van der Waals surface area contributed by atoms with Crippen molar-refractivity contribution in [3.8, 4) is 11.8 Å². The van der Waals surface area contributed by atoms with E-state index in [2.05, 4.69) is 39.1 Å². The highest BCUT2D eigenvalue weighted by Gasteiger charge is 2.40. The normalized spacial score (nSPS) is 11.5. The minimum Gasteiger partial charge on any atom is -0.494 e. The lowest BCUT2D eigenvalue weighted by Crippen LogP contribution is -2.48. The highest BCUT2D eigenvalue weighted by Crippen LogP contribution is 2.32. The van der Waals surface area contributed by atoms with Crippen LogP contribution in [0.3, 0.4) is 0 Å². The molecule has 5 nitrogen and oxygen atoms in total. The zero-order valence-corrected chi connectivity index (χ0v) is 17.6. The van der Waals surface area contributed by atoms with Crippen LogP contribution in [0.15, 0.2) is 18.2 Å². The van der Waals surface area contributed by atoms with Crippen molar-refractivity contribution in [2.24, 2.45) is 11.8 Å². The van der Waals surface area contributed by atoms with Crippen molar-refractivity contribution in [2.75, 3.05) is 18.5 Å². The summed E-state index contributed by atoms with van der Waals surface area (Å²) in [6.45, 7) is 13.3. The second-order valence-corrected chi connectivity index (χ2v) is 7.75. The summed E-state index contributed by atoms with van der Waals surface area (Å²) in [6.07, 6.45) is 2.11. The predicted molar refractivity (Wildman–Crippen MR) is 109 cm³/mol. The highest BCUT2D eigenvalue weighted by molar-refractivity contribution is 5.98. The van der Waals surface area contributed by atoms with E-state index in [0.717, 1.165) is 6.42 Å². The molecule has 1 amide bonds. The monoisotopic (exact) mass is 374 g/mol. The van der Waals surface area contributed by atoms with Crippen LogP contribution in [0.25, 0.3) is 0 Å². The maximum atomic E-state index is 13.3. The second-order valence-electron chi connectivity index (χ2n) is 7.75. The standard InChI is InChI=1S/C22H34N2O3/c1-7-11-27-22(13-16(3)4,14-17(5)6)21(25)24-20-10-9-19(26-8-2)12-18(20)15-23/h9-10,12,16-17H,7-8,11,13-14H2,1-6H3,(H,24,25). The first-order valence-electron chi connectivity index (χ1n) is 9.90. The number of hydrogen-bond donors (Lipinski definition) is 1. The van der Waals surface area contributed by atoms with Gasteiger partial charge in [0.05, 0.1) is 17.9 Å². The third-order valence-corrected chi connectivity index (χ3v) is 4.14. The molecule has 0 bridgehead atoms. The zero-order valence-electron chi connectivity index (χ0n) is 17.6. The molecule has 1 rings (SSSR count). The summed E-state index contributed by atoms with van der Waals surface area (Å²) in [5, 5.41) is 12.4. The van der Waals surface area contributed by atoms with Crippen LogP contribution in [0, 0.1) is 23.2 Å². The third-order valence-electron chi connectivity index (χ3n) is 4.14. The Balaban J connectivity index is 3.19. The molecule has 0 aromatic heterocycles. The Morgan fingerprint density at radius 3 is 2.30 bits per heavy atom. The number of carbonyl (C=O) groups is 1. The lowest BCUT2D eigenvalue weighted by molar-refractivity contribution is -0.147. The number of benzene rings is 1. The molecule has 0 radical (unpaired) electrons. The van der Waals surface area contributed by atoms with Crippen molar-refractivity contribution in [1.29, 1.82) is 5.26 Å². The molecule has 0 saturated heterocycles. The average molecular weight is 375 g/mol. The SMILES string of the molecule is CCCOC(CC(C)C)(CC(C)C)C(=O)Nc1ccc(OCC)cc1C#N. The van der Waals surface area contributed by atoms with Gasteiger partial charge in [-0.1, -0.05) is 34.6 Å². The Labute approximate surface area is 164 Å². The van der Waals surface area contributed by atoms with Gasteiger partial charge in [0.25, 0.3) is 5.91 Å². The fourth-order valence-electron chi connectivity index (χ4n) is 3.29. The Bertz CT molecular complexity index is 637. The van der Waals surface area contributed by atoms with Crippen LogP contribution in [0.2, 0.25) is 0 Å². The van der Waals surface area contributed by atoms with Gasteiger partial charge in [0.2, 0.25) is 0 Å². The lowest BCUT2D eigenvalue weighted by atomic mass is 9.83. The minimum absolute atomic E-state index is 0.181. The van der Waals surface area contributed by atoms with E-state index in [9.17, 15) is 10.1 Å². The number of ether oxygens (including phenoxy) is 2. The van der Waals surface area contributed by atoms with Gasteiger partial charge in [-0.2, -0.15) is 5.26 Å². The number of amides is 1. The van der Waals surface area contributed by atoms with Crippen molar-refractivity contribution >= 4 is 11.6 Å². The topological polar surface area (TPSA) is 71.3 Å². The summed E-state index contributed by atoms with van der Waals surface area (Å²) >= 11 is 0. The molecule has 0 aliphatic carbocycles. The first-order chi connectivity index (χ1) is 12.8. The molecule has 5 heteroatoms. The molecule has 27 heavy (non-hydrogen) atoms. The van der Waals surface area contributed by atoms with Crippen molar-refractivity contribution in [3.63, 3.8) is 0 Å². The van der Waals surface area contributed by atoms with Crippen LogP contribution >= 0.6 is 0 Å². The van der Waals surface area contributed by atoms with E-state index in [-0.39, 0.29) is 5.91 Å². The molecule has 1 N–H and O–H groups in total. The first kappa shape index (κ1) is 23.0. The minimum atomic E-state index is -0.899. The van der Waals surface area contributed by atoms with E-state index in [1.165, 1.54) is 0 Å². The fourth-order valence-corrected chi connectivity index (χ4v) is 3.29. The van der Waals surface area contributed by atoms with Crippen LogP contribution in [0.5, 0.6) is 5.75 Å². The van der Waals surface area contributed by atoms with E-state index in [1.54, 1.807) is 18.2 Å². The van der Waals surface area contributed by atoms with Crippen LogP contribution in [-0.4, -0.2) is 24.7 Å². The molecule has 0 saturated carbocycles. The largest absolute Gasteiger partial charge is 0.494 e. The summed E-state index contributed by atoms with van der Waals surface area (Å²) in [7, 11) is 0. The summed E-state index contributed by atoms with van der Waals surface area (Å²) in [5.41, 5.74) is -0.0281. The molecular formula is C22H34N2O3. The number of hydrogen-bond acceptors (Lipinski definition) is 4. The summed E-state index contributed by atoms with van der Waals surface area (Å²) < 4.78 is 11.6. The molecule has 0 aliphatic heterocycles. The number of nitrogens with zero attached hydrogens (tertiary/aromatic N) is 1. The Morgan fingerprint density at radius 2 is 1.81 bits per heavy atom. The van der Waals surface area contributed by atoms with E-state index in [0.29, 0.717) is 54.9 Å². The maximum absolute atomic E-state index is 13.3. The summed E-state index contributed by atoms with van der Waals surface area (Å²) in [4.78, 5) is 13.3. The summed E-state index contributed by atoms with van der Waals surface area (Å²) in [6, 6.07) is 7.27. The van der Waals surface area contributed by atoms with Gasteiger partial charge in [-0.25, -0.2) is 0 Å². The number of nitrogens with one attached hydrogen (secondary N) is 1. The Hall–Kier alpha value is -2.06. The lowest BCUT2D eigenvalue weighted by Gasteiger charge is -2.35. The molecule has 0 atom stereocenters. The van der Waals surface area contributed by atoms with Crippen LogP contribution in [0.4, 0.5) is 5.69 Å². The number of carbonyl (C=O) groups excluding carboxylic acids is 1. The molecular weight excluding hydrogens is 340 g/mol. The molecule has 0 spiro atoms. The predicted octanol–water partition coefficient (Wildman–Crippen LogP) is 5.15. The summed E-state index contributed by atoms with van der Waals surface area (Å²) in [5.74, 6) is 1.05. The van der Waals surface area contributed by atoms with Crippen molar-refractivity contribution < 1.29 is 14.3 Å². The molecule has 1 aromatic rings. The fraction of sp³-hybridized carbons (Fsp3) is 0.636. The van der Waals surface area contributed by atoms with Crippen molar-refractivity contribution in [3.05, 3.63) is 23.8 Å². The van der Waals surface area contributed by atoms with Gasteiger partial charge >= 0.3 is 0 Å². The van der Waals surface area contributed by atoms with Crippen LogP contribution in [0.1, 0.15) is 66.4 Å². The molecule has 1 aromatic carbocycles. The van der Waals surface area contributed by atoms with Gasteiger partial charge in [0.1, 0.15) is 17.4 Å². The van der Waals surface area contributed by atoms with E-state index < -0.39 is 5.60 Å². The van der Waals surface area contributed by atoms with Crippen LogP contribution in [-0.2, 0) is 9.53 Å². The van der Waals surface area contributed by atoms with Gasteiger partial charge in [-0.05, 0) is 56.2 Å². The quantitative estimate of drug-likeness (QED) is 0.581. The van der Waals surface area contributed by atoms with Crippen LogP contribution < -0.4 is 10.1 Å². The first-order valence-corrected chi connectivity index (χ1v) is 9.90. The number of rotatable bonds is 11. The molecule has 0 aliphatic rings. The second kappa shape index (κ2) is 10.9. The highest BCUT2D eigenvalue weighted by atomic mass is 16.5.